The molecular formula is C3H9N3O2. The fourth-order valence-electron chi connectivity index (χ4n) is 0. The summed E-state index contributed by atoms with van der Waals surface area (Å²) in [6.45, 7) is -0.250. The molecule has 0 rings (SSSR count). The SMILES string of the molecule is CN=[N+]=[N-].OCCO. The van der Waals surface area contributed by atoms with Crippen molar-refractivity contribution in [3.8, 4) is 0 Å². The summed E-state index contributed by atoms with van der Waals surface area (Å²) in [5.41, 5.74) is 7.33. The molecule has 0 bridgehead atoms. The summed E-state index contributed by atoms with van der Waals surface area (Å²) in [6.07, 6.45) is 0. The monoisotopic (exact) mass is 119 g/mol. The minimum Gasteiger partial charge on any atom is -0.394 e. The van der Waals surface area contributed by atoms with E-state index in [0.29, 0.717) is 0 Å². The van der Waals surface area contributed by atoms with Crippen LogP contribution in [0, 0.1) is 0 Å². The van der Waals surface area contributed by atoms with E-state index in [2.05, 4.69) is 10.0 Å². The van der Waals surface area contributed by atoms with Crippen LogP contribution >= 0.6 is 0 Å². The van der Waals surface area contributed by atoms with Crippen LogP contribution in [0.25, 0.3) is 10.4 Å². The van der Waals surface area contributed by atoms with Gasteiger partial charge >= 0.3 is 0 Å². The molecule has 0 saturated heterocycles. The normalized spacial score (nSPS) is 5.88. The Bertz CT molecular complexity index is 66.9. The molecule has 0 fully saturated rings. The Balaban J connectivity index is 0. The van der Waals surface area contributed by atoms with Crippen LogP contribution in [0.1, 0.15) is 0 Å². The van der Waals surface area contributed by atoms with E-state index in [1.807, 2.05) is 0 Å². The fourth-order valence-corrected chi connectivity index (χ4v) is 0. The molecule has 0 aromatic carbocycles. The van der Waals surface area contributed by atoms with Gasteiger partial charge in [0, 0.05) is 12.0 Å². The molecule has 5 nitrogen and oxygen atoms in total. The summed E-state index contributed by atoms with van der Waals surface area (Å²) in [5.74, 6) is 0. The van der Waals surface area contributed by atoms with Crippen molar-refractivity contribution in [2.75, 3.05) is 20.3 Å². The van der Waals surface area contributed by atoms with E-state index in [1.54, 1.807) is 0 Å². The second-order valence-corrected chi connectivity index (χ2v) is 0.737. The first kappa shape index (κ1) is 10.3. The Kier molecular flexibility index (Phi) is 20.9. The molecule has 48 valence electrons. The largest absolute Gasteiger partial charge is 0.394 e. The molecule has 0 heterocycles. The van der Waals surface area contributed by atoms with Crippen molar-refractivity contribution in [2.45, 2.75) is 0 Å². The Morgan fingerprint density at radius 1 is 1.50 bits per heavy atom. The predicted molar refractivity (Wildman–Crippen MR) is 29.2 cm³/mol. The molecule has 0 atom stereocenters. The van der Waals surface area contributed by atoms with Crippen molar-refractivity contribution in [1.82, 2.24) is 0 Å². The van der Waals surface area contributed by atoms with Gasteiger partial charge in [0.2, 0.25) is 0 Å². The van der Waals surface area contributed by atoms with E-state index >= 15 is 0 Å². The summed E-state index contributed by atoms with van der Waals surface area (Å²) in [7, 11) is 1.39. The molecule has 0 aromatic heterocycles. The van der Waals surface area contributed by atoms with Gasteiger partial charge in [-0.1, -0.05) is 5.11 Å². The summed E-state index contributed by atoms with van der Waals surface area (Å²) in [4.78, 5) is 2.36. The zero-order valence-electron chi connectivity index (χ0n) is 4.65. The van der Waals surface area contributed by atoms with Crippen LogP contribution in [0.15, 0.2) is 5.11 Å². The smallest absolute Gasteiger partial charge is 0.0662 e. The van der Waals surface area contributed by atoms with Crippen LogP contribution in [-0.4, -0.2) is 30.5 Å². The molecular weight excluding hydrogens is 110 g/mol. The van der Waals surface area contributed by atoms with Gasteiger partial charge < -0.3 is 10.2 Å². The quantitative estimate of drug-likeness (QED) is 0.286. The Morgan fingerprint density at radius 3 is 1.75 bits per heavy atom. The van der Waals surface area contributed by atoms with Gasteiger partial charge in [-0.05, 0) is 5.53 Å². The van der Waals surface area contributed by atoms with E-state index in [9.17, 15) is 0 Å². The van der Waals surface area contributed by atoms with Gasteiger partial charge in [-0.25, -0.2) is 0 Å². The first-order valence-electron chi connectivity index (χ1n) is 1.98. The highest BCUT2D eigenvalue weighted by molar-refractivity contribution is 4.30. The number of hydrogen-bond donors (Lipinski definition) is 2. The van der Waals surface area contributed by atoms with Gasteiger partial charge in [0.05, 0.1) is 13.2 Å². The third kappa shape index (κ3) is 61.9. The van der Waals surface area contributed by atoms with Gasteiger partial charge in [0.25, 0.3) is 0 Å². The standard InChI is InChI=1S/C2H6O2.CH3N3/c3-1-2-4;1-3-4-2/h3-4H,1-2H2;1H3. The summed E-state index contributed by atoms with van der Waals surface area (Å²) in [5, 5.41) is 18.2. The van der Waals surface area contributed by atoms with E-state index in [4.69, 9.17) is 15.7 Å². The third-order valence-electron chi connectivity index (χ3n) is 0.189. The molecule has 5 heteroatoms. The van der Waals surface area contributed by atoms with Gasteiger partial charge in [0.15, 0.2) is 0 Å². The van der Waals surface area contributed by atoms with Crippen LogP contribution < -0.4 is 0 Å². The summed E-state index contributed by atoms with van der Waals surface area (Å²) >= 11 is 0. The Hall–Kier alpha value is -0.770. The van der Waals surface area contributed by atoms with Crippen molar-refractivity contribution in [3.63, 3.8) is 0 Å². The minimum absolute atomic E-state index is 0.125. The average molecular weight is 119 g/mol. The second-order valence-electron chi connectivity index (χ2n) is 0.737. The molecule has 0 unspecified atom stereocenters. The average Bonchev–Trinajstić information content (AvgIpc) is 1.88. The maximum atomic E-state index is 7.62. The number of rotatable bonds is 1. The van der Waals surface area contributed by atoms with E-state index in [-0.39, 0.29) is 13.2 Å². The number of aliphatic hydroxyl groups is 2. The first-order valence-corrected chi connectivity index (χ1v) is 1.98. The van der Waals surface area contributed by atoms with Gasteiger partial charge in [-0.15, -0.1) is 0 Å². The molecule has 0 aliphatic rings. The molecule has 0 radical (unpaired) electrons. The highest BCUT2D eigenvalue weighted by atomic mass is 16.3. The van der Waals surface area contributed by atoms with Gasteiger partial charge in [0.1, 0.15) is 0 Å². The van der Waals surface area contributed by atoms with Crippen LogP contribution in [0.5, 0.6) is 0 Å². The number of nitrogens with zero attached hydrogens (tertiary/aromatic N) is 3. The Morgan fingerprint density at radius 2 is 1.75 bits per heavy atom. The van der Waals surface area contributed by atoms with Crippen molar-refractivity contribution < 1.29 is 10.2 Å². The highest BCUT2D eigenvalue weighted by Gasteiger charge is 1.58. The topological polar surface area (TPSA) is 89.2 Å². The lowest BCUT2D eigenvalue weighted by atomic mass is 10.8. The van der Waals surface area contributed by atoms with E-state index in [1.165, 1.54) is 7.05 Å². The van der Waals surface area contributed by atoms with E-state index in [0.717, 1.165) is 0 Å². The molecule has 0 spiro atoms. The lowest BCUT2D eigenvalue weighted by molar-refractivity contribution is 0.186. The summed E-state index contributed by atoms with van der Waals surface area (Å²) in [6, 6.07) is 0. The molecule has 8 heavy (non-hydrogen) atoms. The molecule has 0 amide bonds. The lowest BCUT2D eigenvalue weighted by Gasteiger charge is -1.70. The van der Waals surface area contributed by atoms with Crippen LogP contribution in [0.3, 0.4) is 0 Å². The lowest BCUT2D eigenvalue weighted by Crippen LogP contribution is -1.85. The van der Waals surface area contributed by atoms with Gasteiger partial charge in [-0.2, -0.15) is 0 Å². The highest BCUT2D eigenvalue weighted by Crippen LogP contribution is 1.46. The molecule has 0 saturated carbocycles. The number of azide groups is 1. The molecule has 0 aliphatic heterocycles. The number of aliphatic hydroxyl groups excluding tert-OH is 2. The number of hydrogen-bond acceptors (Lipinski definition) is 3. The second kappa shape index (κ2) is 16.3. The van der Waals surface area contributed by atoms with Crippen molar-refractivity contribution in [2.24, 2.45) is 5.11 Å². The zero-order chi connectivity index (χ0) is 6.83. The Labute approximate surface area is 47.2 Å². The van der Waals surface area contributed by atoms with Crippen LogP contribution in [0.4, 0.5) is 0 Å². The van der Waals surface area contributed by atoms with E-state index < -0.39 is 0 Å². The minimum atomic E-state index is -0.125. The zero-order valence-corrected chi connectivity index (χ0v) is 4.65. The van der Waals surface area contributed by atoms with Crippen LogP contribution in [0.2, 0.25) is 0 Å². The maximum Gasteiger partial charge on any atom is 0.0662 e. The molecule has 0 aliphatic carbocycles. The third-order valence-corrected chi connectivity index (χ3v) is 0.189. The van der Waals surface area contributed by atoms with Crippen LogP contribution in [-0.2, 0) is 0 Å². The molecule has 0 aromatic rings. The molecule has 2 N–H and O–H groups in total. The fraction of sp³-hybridized carbons (Fsp3) is 1.00. The van der Waals surface area contributed by atoms with Crippen molar-refractivity contribution in [3.05, 3.63) is 10.4 Å². The van der Waals surface area contributed by atoms with Gasteiger partial charge in [-0.3, -0.25) is 0 Å². The maximum absolute atomic E-state index is 7.62. The predicted octanol–water partition coefficient (Wildman–Crippen LogP) is -0.102. The van der Waals surface area contributed by atoms with Crippen molar-refractivity contribution >= 4 is 0 Å². The summed E-state index contributed by atoms with van der Waals surface area (Å²) < 4.78 is 0. The first-order chi connectivity index (χ1) is 3.83. The van der Waals surface area contributed by atoms with Crippen molar-refractivity contribution in [1.29, 1.82) is 0 Å².